The standard InChI is InChI=1S/C10H15F2N3/c11-10(12)6-9(7-10,8-13)2-5-15-4-1-3-14-15/h1,3-4H,2,5-8,13H2. The Morgan fingerprint density at radius 1 is 1.40 bits per heavy atom. The topological polar surface area (TPSA) is 43.8 Å². The summed E-state index contributed by atoms with van der Waals surface area (Å²) in [4.78, 5) is 0. The molecule has 1 aromatic rings. The maximum atomic E-state index is 12.8. The van der Waals surface area contributed by atoms with Crippen LogP contribution in [0.3, 0.4) is 0 Å². The lowest BCUT2D eigenvalue weighted by atomic mass is 9.64. The Kier molecular flexibility index (Phi) is 2.50. The molecule has 0 amide bonds. The molecule has 0 unspecified atom stereocenters. The number of aryl methyl sites for hydroxylation is 1. The summed E-state index contributed by atoms with van der Waals surface area (Å²) in [6, 6.07) is 1.82. The van der Waals surface area contributed by atoms with Crippen LogP contribution in [0.25, 0.3) is 0 Å². The van der Waals surface area contributed by atoms with Gasteiger partial charge in [0.25, 0.3) is 0 Å². The minimum Gasteiger partial charge on any atom is -0.330 e. The molecule has 0 aliphatic heterocycles. The highest BCUT2D eigenvalue weighted by Crippen LogP contribution is 2.53. The highest BCUT2D eigenvalue weighted by atomic mass is 19.3. The molecule has 0 radical (unpaired) electrons. The monoisotopic (exact) mass is 215 g/mol. The zero-order valence-corrected chi connectivity index (χ0v) is 8.50. The number of halogens is 2. The minimum absolute atomic E-state index is 0.0717. The van der Waals surface area contributed by atoms with Gasteiger partial charge in [-0.15, -0.1) is 0 Å². The summed E-state index contributed by atoms with van der Waals surface area (Å²) in [6.07, 6.45) is 4.06. The van der Waals surface area contributed by atoms with Gasteiger partial charge in [0, 0.05) is 31.8 Å². The van der Waals surface area contributed by atoms with Crippen LogP contribution in [0.15, 0.2) is 18.5 Å². The second-order valence-electron chi connectivity index (χ2n) is 4.43. The highest BCUT2D eigenvalue weighted by molar-refractivity contribution is 4.99. The molecule has 0 spiro atoms. The molecule has 15 heavy (non-hydrogen) atoms. The molecule has 3 nitrogen and oxygen atoms in total. The van der Waals surface area contributed by atoms with E-state index < -0.39 is 5.92 Å². The van der Waals surface area contributed by atoms with Gasteiger partial charge in [0.1, 0.15) is 0 Å². The van der Waals surface area contributed by atoms with E-state index in [9.17, 15) is 8.78 Å². The SMILES string of the molecule is NCC1(CCn2cccn2)CC(F)(F)C1. The van der Waals surface area contributed by atoms with Crippen LogP contribution in [0.4, 0.5) is 8.78 Å². The van der Waals surface area contributed by atoms with Crippen molar-refractivity contribution in [3.8, 4) is 0 Å². The molecule has 1 heterocycles. The molecule has 2 rings (SSSR count). The molecule has 5 heteroatoms. The molecule has 1 saturated carbocycles. The van der Waals surface area contributed by atoms with E-state index in [4.69, 9.17) is 5.73 Å². The van der Waals surface area contributed by atoms with Crippen LogP contribution >= 0.6 is 0 Å². The number of alkyl halides is 2. The average molecular weight is 215 g/mol. The number of nitrogens with zero attached hydrogens (tertiary/aromatic N) is 2. The fraction of sp³-hybridized carbons (Fsp3) is 0.700. The molecule has 0 bridgehead atoms. The van der Waals surface area contributed by atoms with Crippen LogP contribution in [-0.2, 0) is 6.54 Å². The van der Waals surface area contributed by atoms with E-state index in [0.29, 0.717) is 19.5 Å². The first kappa shape index (κ1) is 10.5. The van der Waals surface area contributed by atoms with Gasteiger partial charge in [-0.2, -0.15) is 5.10 Å². The van der Waals surface area contributed by atoms with Gasteiger partial charge in [0.05, 0.1) is 0 Å². The van der Waals surface area contributed by atoms with Crippen LogP contribution < -0.4 is 5.73 Å². The van der Waals surface area contributed by atoms with Crippen molar-refractivity contribution in [3.63, 3.8) is 0 Å². The van der Waals surface area contributed by atoms with Crippen LogP contribution in [0.5, 0.6) is 0 Å². The highest BCUT2D eigenvalue weighted by Gasteiger charge is 2.55. The van der Waals surface area contributed by atoms with E-state index in [-0.39, 0.29) is 18.3 Å². The summed E-state index contributed by atoms with van der Waals surface area (Å²) in [6.45, 7) is 1.00. The van der Waals surface area contributed by atoms with Crippen LogP contribution in [0.2, 0.25) is 0 Å². The number of hydrogen-bond acceptors (Lipinski definition) is 2. The van der Waals surface area contributed by atoms with Crippen molar-refractivity contribution < 1.29 is 8.78 Å². The lowest BCUT2D eigenvalue weighted by molar-refractivity contribution is -0.161. The first-order valence-electron chi connectivity index (χ1n) is 5.11. The predicted octanol–water partition coefficient (Wildman–Crippen LogP) is 1.65. The molecular weight excluding hydrogens is 200 g/mol. The lowest BCUT2D eigenvalue weighted by Crippen LogP contribution is -2.50. The maximum Gasteiger partial charge on any atom is 0.249 e. The molecular formula is C10H15F2N3. The lowest BCUT2D eigenvalue weighted by Gasteiger charge is -2.46. The molecule has 84 valence electrons. The van der Waals surface area contributed by atoms with Gasteiger partial charge < -0.3 is 5.73 Å². The van der Waals surface area contributed by atoms with Gasteiger partial charge in [0.2, 0.25) is 5.92 Å². The van der Waals surface area contributed by atoms with Crippen molar-refractivity contribution in [1.82, 2.24) is 9.78 Å². The normalized spacial score (nSPS) is 22.3. The van der Waals surface area contributed by atoms with E-state index in [1.807, 2.05) is 12.3 Å². The average Bonchev–Trinajstić information content (AvgIpc) is 2.63. The number of rotatable bonds is 4. The quantitative estimate of drug-likeness (QED) is 0.829. The van der Waals surface area contributed by atoms with E-state index in [0.717, 1.165) is 0 Å². The Morgan fingerprint density at radius 2 is 2.13 bits per heavy atom. The summed E-state index contributed by atoms with van der Waals surface area (Å²) in [7, 11) is 0. The molecule has 0 atom stereocenters. The van der Waals surface area contributed by atoms with Crippen molar-refractivity contribution in [2.75, 3.05) is 6.54 Å². The zero-order chi connectivity index (χ0) is 10.9. The van der Waals surface area contributed by atoms with E-state index >= 15 is 0 Å². The molecule has 0 aromatic carbocycles. The third-order valence-corrected chi connectivity index (χ3v) is 3.13. The molecule has 0 saturated heterocycles. The Balaban J connectivity index is 1.88. The van der Waals surface area contributed by atoms with Crippen LogP contribution in [0, 0.1) is 5.41 Å². The van der Waals surface area contributed by atoms with Gasteiger partial charge >= 0.3 is 0 Å². The Labute approximate surface area is 87.3 Å². The first-order chi connectivity index (χ1) is 7.05. The van der Waals surface area contributed by atoms with Gasteiger partial charge in [-0.3, -0.25) is 4.68 Å². The minimum atomic E-state index is -2.50. The van der Waals surface area contributed by atoms with Crippen LogP contribution in [-0.4, -0.2) is 22.2 Å². The largest absolute Gasteiger partial charge is 0.330 e. The molecule has 1 aliphatic rings. The van der Waals surface area contributed by atoms with Gasteiger partial charge in [-0.1, -0.05) is 0 Å². The fourth-order valence-corrected chi connectivity index (χ4v) is 2.25. The fourth-order valence-electron chi connectivity index (χ4n) is 2.25. The van der Waals surface area contributed by atoms with E-state index in [2.05, 4.69) is 5.10 Å². The van der Waals surface area contributed by atoms with Crippen molar-refractivity contribution in [1.29, 1.82) is 0 Å². The molecule has 1 aromatic heterocycles. The van der Waals surface area contributed by atoms with Gasteiger partial charge in [-0.05, 0) is 24.4 Å². The molecule has 1 aliphatic carbocycles. The maximum absolute atomic E-state index is 12.8. The zero-order valence-electron chi connectivity index (χ0n) is 8.50. The van der Waals surface area contributed by atoms with E-state index in [1.165, 1.54) is 0 Å². The van der Waals surface area contributed by atoms with Gasteiger partial charge in [0.15, 0.2) is 0 Å². The van der Waals surface area contributed by atoms with Crippen molar-refractivity contribution >= 4 is 0 Å². The summed E-state index contributed by atoms with van der Waals surface area (Å²) in [5, 5.41) is 4.04. The summed E-state index contributed by atoms with van der Waals surface area (Å²) in [5.41, 5.74) is 5.20. The third-order valence-electron chi connectivity index (χ3n) is 3.13. The number of hydrogen-bond donors (Lipinski definition) is 1. The van der Waals surface area contributed by atoms with Crippen LogP contribution in [0.1, 0.15) is 19.3 Å². The van der Waals surface area contributed by atoms with Crippen molar-refractivity contribution in [2.45, 2.75) is 31.7 Å². The summed E-state index contributed by atoms with van der Waals surface area (Å²) >= 11 is 0. The molecule has 2 N–H and O–H groups in total. The molecule has 1 fully saturated rings. The Hall–Kier alpha value is -0.970. The smallest absolute Gasteiger partial charge is 0.249 e. The predicted molar refractivity (Wildman–Crippen MR) is 52.5 cm³/mol. The van der Waals surface area contributed by atoms with Crippen molar-refractivity contribution in [2.24, 2.45) is 11.1 Å². The summed E-state index contributed by atoms with van der Waals surface area (Å²) < 4.78 is 27.4. The Bertz CT molecular complexity index is 313. The third kappa shape index (κ3) is 2.17. The number of nitrogens with two attached hydrogens (primary N) is 1. The van der Waals surface area contributed by atoms with Gasteiger partial charge in [-0.25, -0.2) is 8.78 Å². The second-order valence-corrected chi connectivity index (χ2v) is 4.43. The Morgan fingerprint density at radius 3 is 2.60 bits per heavy atom. The first-order valence-corrected chi connectivity index (χ1v) is 5.11. The number of aromatic nitrogens is 2. The van der Waals surface area contributed by atoms with E-state index in [1.54, 1.807) is 10.9 Å². The second kappa shape index (κ2) is 3.56. The van der Waals surface area contributed by atoms with Crippen molar-refractivity contribution in [3.05, 3.63) is 18.5 Å². The summed E-state index contributed by atoms with van der Waals surface area (Å²) in [5.74, 6) is -2.50.